The van der Waals surface area contributed by atoms with Gasteiger partial charge in [-0.25, -0.2) is 24.1 Å². The number of primary amides is 1. The number of carbonyl (C=O) groups excluding carboxylic acids is 1. The quantitative estimate of drug-likeness (QED) is 0.653. The number of fused-ring (bicyclic) bond motifs is 1. The van der Waals surface area contributed by atoms with E-state index < -0.39 is 11.8 Å². The van der Waals surface area contributed by atoms with E-state index >= 15 is 0 Å². The first-order valence-corrected chi connectivity index (χ1v) is 8.85. The fourth-order valence-corrected chi connectivity index (χ4v) is 3.43. The molecule has 1 saturated heterocycles. The van der Waals surface area contributed by atoms with Gasteiger partial charge in [-0.2, -0.15) is 0 Å². The third-order valence-corrected chi connectivity index (χ3v) is 4.82. The summed E-state index contributed by atoms with van der Waals surface area (Å²) in [7, 11) is 0. The minimum Gasteiger partial charge on any atom is -0.367 e. The Morgan fingerprint density at radius 1 is 1.44 bits per heavy atom. The molecule has 0 unspecified atom stereocenters. The number of anilines is 1. The Bertz CT molecular complexity index is 973. The highest BCUT2D eigenvalue weighted by atomic mass is 19.1. The number of likely N-dealkylation sites (tertiary alicyclic amines) is 1. The highest BCUT2D eigenvalue weighted by molar-refractivity contribution is 5.91. The van der Waals surface area contributed by atoms with Crippen LogP contribution in [0, 0.1) is 11.7 Å². The molecular formula is C18H20FN7O. The van der Waals surface area contributed by atoms with Crippen molar-refractivity contribution >= 4 is 22.9 Å². The van der Waals surface area contributed by atoms with Crippen LogP contribution in [-0.2, 0) is 0 Å². The van der Waals surface area contributed by atoms with Crippen LogP contribution in [0.25, 0.3) is 22.4 Å². The molecule has 8 nitrogen and oxygen atoms in total. The summed E-state index contributed by atoms with van der Waals surface area (Å²) in [5, 5.41) is 3.94. The van der Waals surface area contributed by atoms with Crippen molar-refractivity contribution in [2.75, 3.05) is 25.0 Å². The summed E-state index contributed by atoms with van der Waals surface area (Å²) in [5.74, 6) is 0.246. The minimum absolute atomic E-state index is 0.148. The fourth-order valence-electron chi connectivity index (χ4n) is 3.43. The predicted molar refractivity (Wildman–Crippen MR) is 99.4 cm³/mol. The van der Waals surface area contributed by atoms with Gasteiger partial charge in [0.05, 0.1) is 6.20 Å². The number of amides is 2. The molecule has 4 N–H and O–H groups in total. The molecule has 9 heteroatoms. The van der Waals surface area contributed by atoms with Gasteiger partial charge in [-0.1, -0.05) is 0 Å². The van der Waals surface area contributed by atoms with E-state index in [-0.39, 0.29) is 11.7 Å². The molecule has 27 heavy (non-hydrogen) atoms. The van der Waals surface area contributed by atoms with Gasteiger partial charge in [-0.05, 0) is 30.9 Å². The maximum Gasteiger partial charge on any atom is 0.314 e. The van der Waals surface area contributed by atoms with Gasteiger partial charge in [0.25, 0.3) is 0 Å². The van der Waals surface area contributed by atoms with Crippen LogP contribution < -0.4 is 11.1 Å². The van der Waals surface area contributed by atoms with Crippen LogP contribution in [0.4, 0.5) is 15.0 Å². The number of hydrogen-bond acceptors (Lipinski definition) is 5. The SMILES string of the molecule is NC(=O)N1CCC[C@H](CNc2nc(-c3c[nH]c4ncccc34)ncc2F)C1. The number of hydrogen-bond donors (Lipinski definition) is 3. The lowest BCUT2D eigenvalue weighted by atomic mass is 9.98. The van der Waals surface area contributed by atoms with Crippen molar-refractivity contribution in [2.45, 2.75) is 12.8 Å². The molecule has 1 aliphatic rings. The molecular weight excluding hydrogens is 349 g/mol. The van der Waals surface area contributed by atoms with Crippen molar-refractivity contribution in [3.63, 3.8) is 0 Å². The van der Waals surface area contributed by atoms with Gasteiger partial charge in [0.15, 0.2) is 17.5 Å². The van der Waals surface area contributed by atoms with Crippen LogP contribution in [0.3, 0.4) is 0 Å². The monoisotopic (exact) mass is 369 g/mol. The van der Waals surface area contributed by atoms with Gasteiger partial charge in [0.2, 0.25) is 0 Å². The molecule has 0 spiro atoms. The smallest absolute Gasteiger partial charge is 0.314 e. The van der Waals surface area contributed by atoms with E-state index in [1.807, 2.05) is 12.1 Å². The summed E-state index contributed by atoms with van der Waals surface area (Å²) >= 11 is 0. The number of rotatable bonds is 4. The van der Waals surface area contributed by atoms with Crippen LogP contribution in [0.5, 0.6) is 0 Å². The summed E-state index contributed by atoms with van der Waals surface area (Å²) in [6, 6.07) is 3.33. The standard InChI is InChI=1S/C18H20FN7O/c19-14-9-24-16(13-8-23-15-12(13)4-1-5-21-15)25-17(14)22-7-11-3-2-6-26(10-11)18(20)27/h1,4-5,8-9,11H,2-3,6-7,10H2,(H2,20,27)(H,21,23)(H,22,24,25)/t11-/m1/s1. The van der Waals surface area contributed by atoms with Crippen molar-refractivity contribution in [3.8, 4) is 11.4 Å². The van der Waals surface area contributed by atoms with Crippen LogP contribution >= 0.6 is 0 Å². The number of piperidine rings is 1. The molecule has 0 bridgehead atoms. The number of H-pyrrole nitrogens is 1. The van der Waals surface area contributed by atoms with Crippen molar-refractivity contribution in [1.82, 2.24) is 24.8 Å². The Hall–Kier alpha value is -3.23. The van der Waals surface area contributed by atoms with Crippen LogP contribution in [-0.4, -0.2) is 50.5 Å². The molecule has 4 heterocycles. The average Bonchev–Trinajstić information content (AvgIpc) is 3.12. The fraction of sp³-hybridized carbons (Fsp3) is 0.333. The molecule has 4 rings (SSSR count). The van der Waals surface area contributed by atoms with Gasteiger partial charge >= 0.3 is 6.03 Å². The number of urea groups is 1. The van der Waals surface area contributed by atoms with Crippen molar-refractivity contribution < 1.29 is 9.18 Å². The van der Waals surface area contributed by atoms with Crippen molar-refractivity contribution in [3.05, 3.63) is 36.5 Å². The van der Waals surface area contributed by atoms with Gasteiger partial charge in [0.1, 0.15) is 5.65 Å². The Morgan fingerprint density at radius 2 is 2.33 bits per heavy atom. The summed E-state index contributed by atoms with van der Waals surface area (Å²) < 4.78 is 14.2. The number of pyridine rings is 1. The Morgan fingerprint density at radius 3 is 3.19 bits per heavy atom. The topological polar surface area (TPSA) is 113 Å². The minimum atomic E-state index is -0.515. The van der Waals surface area contributed by atoms with Gasteiger partial charge in [0, 0.05) is 43.0 Å². The Labute approximate surface area is 155 Å². The lowest BCUT2D eigenvalue weighted by molar-refractivity contribution is 0.177. The van der Waals surface area contributed by atoms with E-state index in [0.29, 0.717) is 25.5 Å². The average molecular weight is 369 g/mol. The van der Waals surface area contributed by atoms with Gasteiger partial charge in [-0.15, -0.1) is 0 Å². The highest BCUT2D eigenvalue weighted by Gasteiger charge is 2.22. The van der Waals surface area contributed by atoms with Crippen molar-refractivity contribution in [1.29, 1.82) is 0 Å². The van der Waals surface area contributed by atoms with E-state index in [1.54, 1.807) is 17.3 Å². The van der Waals surface area contributed by atoms with E-state index in [2.05, 4.69) is 25.3 Å². The number of nitrogens with two attached hydrogens (primary N) is 1. The van der Waals surface area contributed by atoms with Crippen molar-refractivity contribution in [2.24, 2.45) is 11.7 Å². The molecule has 0 aromatic carbocycles. The summed E-state index contributed by atoms with van der Waals surface area (Å²) in [4.78, 5) is 28.8. The summed E-state index contributed by atoms with van der Waals surface area (Å²) in [6.45, 7) is 1.75. The lowest BCUT2D eigenvalue weighted by Gasteiger charge is -2.31. The molecule has 0 radical (unpaired) electrons. The Kier molecular flexibility index (Phi) is 4.57. The maximum atomic E-state index is 14.2. The third-order valence-electron chi connectivity index (χ3n) is 4.82. The molecule has 3 aromatic heterocycles. The second-order valence-electron chi connectivity index (χ2n) is 6.67. The predicted octanol–water partition coefficient (Wildman–Crippen LogP) is 2.36. The number of aromatic amines is 1. The molecule has 140 valence electrons. The molecule has 2 amide bonds. The molecule has 0 aliphatic carbocycles. The van der Waals surface area contributed by atoms with Crippen LogP contribution in [0.1, 0.15) is 12.8 Å². The first-order chi connectivity index (χ1) is 13.1. The summed E-state index contributed by atoms with van der Waals surface area (Å²) in [5.41, 5.74) is 6.85. The van der Waals surface area contributed by atoms with Crippen LogP contribution in [0.2, 0.25) is 0 Å². The molecule has 1 fully saturated rings. The van der Waals surface area contributed by atoms with E-state index in [4.69, 9.17) is 5.73 Å². The van der Waals surface area contributed by atoms with E-state index in [0.717, 1.165) is 35.6 Å². The Balaban J connectivity index is 1.52. The van der Waals surface area contributed by atoms with E-state index in [1.165, 1.54) is 0 Å². The molecule has 3 aromatic rings. The first kappa shape index (κ1) is 17.2. The highest BCUT2D eigenvalue weighted by Crippen LogP contribution is 2.26. The second-order valence-corrected chi connectivity index (χ2v) is 6.67. The lowest BCUT2D eigenvalue weighted by Crippen LogP contribution is -2.44. The number of halogens is 1. The zero-order chi connectivity index (χ0) is 18.8. The third kappa shape index (κ3) is 3.53. The molecule has 0 saturated carbocycles. The van der Waals surface area contributed by atoms with Gasteiger partial charge < -0.3 is 20.9 Å². The zero-order valence-electron chi connectivity index (χ0n) is 14.7. The normalized spacial score (nSPS) is 17.2. The summed E-state index contributed by atoms with van der Waals surface area (Å²) in [6.07, 6.45) is 6.46. The molecule has 1 aliphatic heterocycles. The molecule has 1 atom stereocenters. The number of aromatic nitrogens is 4. The van der Waals surface area contributed by atoms with Crippen LogP contribution in [0.15, 0.2) is 30.7 Å². The maximum absolute atomic E-state index is 14.2. The zero-order valence-corrected chi connectivity index (χ0v) is 14.7. The first-order valence-electron chi connectivity index (χ1n) is 8.85. The van der Waals surface area contributed by atoms with E-state index in [9.17, 15) is 9.18 Å². The van der Waals surface area contributed by atoms with Gasteiger partial charge in [-0.3, -0.25) is 0 Å². The number of nitrogens with one attached hydrogen (secondary N) is 2. The largest absolute Gasteiger partial charge is 0.367 e. The number of nitrogens with zero attached hydrogens (tertiary/aromatic N) is 4. The number of carbonyl (C=O) groups is 1. The second kappa shape index (κ2) is 7.18.